The maximum Gasteiger partial charge on any atom is 0.325 e. The Hall–Kier alpha value is -2.37. The van der Waals surface area contributed by atoms with Gasteiger partial charge in [0.1, 0.15) is 13.2 Å². The molecule has 1 rings (SSSR count). The lowest BCUT2D eigenvalue weighted by atomic mass is 10.2. The van der Waals surface area contributed by atoms with Crippen molar-refractivity contribution in [1.29, 1.82) is 0 Å². The topological polar surface area (TPSA) is 84.5 Å². The number of hydrogen-bond donors (Lipinski definition) is 2. The van der Waals surface area contributed by atoms with Crippen molar-refractivity contribution >= 4 is 17.8 Å². The van der Waals surface area contributed by atoms with E-state index in [1.54, 1.807) is 0 Å². The number of nitrogens with one attached hydrogen (secondary N) is 2. The first-order chi connectivity index (χ1) is 11.1. The maximum atomic E-state index is 11.6. The Labute approximate surface area is 136 Å². The maximum absolute atomic E-state index is 11.6. The van der Waals surface area contributed by atoms with Gasteiger partial charge in [-0.2, -0.15) is 0 Å². The lowest BCUT2D eigenvalue weighted by Gasteiger charge is -2.07. The van der Waals surface area contributed by atoms with Crippen molar-refractivity contribution in [3.05, 3.63) is 35.9 Å². The van der Waals surface area contributed by atoms with E-state index in [0.717, 1.165) is 24.8 Å². The molecule has 0 saturated heterocycles. The molecule has 1 aromatic rings. The van der Waals surface area contributed by atoms with E-state index in [9.17, 15) is 14.4 Å². The summed E-state index contributed by atoms with van der Waals surface area (Å²) >= 11 is 0. The number of hydrogen-bond acceptors (Lipinski definition) is 4. The Balaban J connectivity index is 2.02. The van der Waals surface area contributed by atoms with Crippen molar-refractivity contribution in [2.24, 2.45) is 0 Å². The minimum Gasteiger partial charge on any atom is -0.460 e. The molecule has 2 N–H and O–H groups in total. The van der Waals surface area contributed by atoms with Crippen LogP contribution in [0.25, 0.3) is 0 Å². The zero-order chi connectivity index (χ0) is 16.9. The van der Waals surface area contributed by atoms with Crippen molar-refractivity contribution in [2.75, 3.05) is 13.1 Å². The summed E-state index contributed by atoms with van der Waals surface area (Å²) in [5.41, 5.74) is 0.909. The fraction of sp³-hybridized carbons (Fsp3) is 0.471. The molecule has 126 valence electrons. The van der Waals surface area contributed by atoms with Gasteiger partial charge in [0.05, 0.1) is 0 Å². The monoisotopic (exact) mass is 320 g/mol. The van der Waals surface area contributed by atoms with Crippen LogP contribution in [0.2, 0.25) is 0 Å². The van der Waals surface area contributed by atoms with Gasteiger partial charge in [-0.25, -0.2) is 0 Å². The van der Waals surface area contributed by atoms with Gasteiger partial charge in [-0.15, -0.1) is 0 Å². The Morgan fingerprint density at radius 1 is 1.00 bits per heavy atom. The van der Waals surface area contributed by atoms with Crippen LogP contribution in [0.4, 0.5) is 0 Å². The molecular formula is C17H24N2O4. The van der Waals surface area contributed by atoms with E-state index in [1.807, 2.05) is 30.3 Å². The number of carbonyl (C=O) groups excluding carboxylic acids is 3. The third-order valence-electron chi connectivity index (χ3n) is 3.13. The molecule has 0 aliphatic rings. The zero-order valence-electron chi connectivity index (χ0n) is 13.5. The first-order valence-electron chi connectivity index (χ1n) is 7.78. The molecule has 2 amide bonds. The Morgan fingerprint density at radius 2 is 1.74 bits per heavy atom. The third-order valence-corrected chi connectivity index (χ3v) is 3.13. The van der Waals surface area contributed by atoms with E-state index in [2.05, 4.69) is 10.6 Å². The van der Waals surface area contributed by atoms with E-state index in [0.29, 0.717) is 13.0 Å². The predicted molar refractivity (Wildman–Crippen MR) is 86.4 cm³/mol. The number of esters is 1. The van der Waals surface area contributed by atoms with E-state index >= 15 is 0 Å². The number of unbranched alkanes of at least 4 members (excludes halogenated alkanes) is 2. The molecule has 0 heterocycles. The predicted octanol–water partition coefficient (Wildman–Crippen LogP) is 1.54. The van der Waals surface area contributed by atoms with Crippen molar-refractivity contribution in [3.63, 3.8) is 0 Å². The highest BCUT2D eigenvalue weighted by Crippen LogP contribution is 2.01. The second kappa shape index (κ2) is 11.2. The van der Waals surface area contributed by atoms with Crippen molar-refractivity contribution in [2.45, 2.75) is 39.2 Å². The summed E-state index contributed by atoms with van der Waals surface area (Å²) in [5, 5.41) is 5.25. The molecule has 0 bridgehead atoms. The number of carbonyl (C=O) groups is 3. The van der Waals surface area contributed by atoms with Crippen LogP contribution in [-0.2, 0) is 25.7 Å². The molecule has 6 nitrogen and oxygen atoms in total. The first kappa shape index (κ1) is 18.7. The van der Waals surface area contributed by atoms with Gasteiger partial charge < -0.3 is 15.4 Å². The van der Waals surface area contributed by atoms with Gasteiger partial charge in [0.15, 0.2) is 0 Å². The summed E-state index contributed by atoms with van der Waals surface area (Å²) in [4.78, 5) is 33.8. The van der Waals surface area contributed by atoms with Gasteiger partial charge in [0.25, 0.3) is 0 Å². The number of ether oxygens (including phenoxy) is 1. The largest absolute Gasteiger partial charge is 0.460 e. The summed E-state index contributed by atoms with van der Waals surface area (Å²) < 4.78 is 5.06. The van der Waals surface area contributed by atoms with E-state index in [-0.39, 0.29) is 25.0 Å². The molecule has 0 aliphatic heterocycles. The van der Waals surface area contributed by atoms with Gasteiger partial charge in [-0.1, -0.05) is 36.8 Å². The van der Waals surface area contributed by atoms with Crippen LogP contribution in [0.3, 0.4) is 0 Å². The molecule has 0 aromatic heterocycles. The molecule has 0 fully saturated rings. The van der Waals surface area contributed by atoms with E-state index < -0.39 is 5.97 Å². The fourth-order valence-corrected chi connectivity index (χ4v) is 1.90. The van der Waals surface area contributed by atoms with Crippen LogP contribution < -0.4 is 10.6 Å². The van der Waals surface area contributed by atoms with Gasteiger partial charge in [-0.05, 0) is 18.4 Å². The van der Waals surface area contributed by atoms with Crippen molar-refractivity contribution in [1.82, 2.24) is 10.6 Å². The van der Waals surface area contributed by atoms with E-state index in [1.165, 1.54) is 6.92 Å². The normalized spacial score (nSPS) is 9.96. The number of rotatable bonds is 10. The van der Waals surface area contributed by atoms with Crippen LogP contribution >= 0.6 is 0 Å². The highest BCUT2D eigenvalue weighted by atomic mass is 16.5. The average molecular weight is 320 g/mol. The second-order valence-electron chi connectivity index (χ2n) is 5.22. The van der Waals surface area contributed by atoms with Crippen LogP contribution in [0.15, 0.2) is 30.3 Å². The second-order valence-corrected chi connectivity index (χ2v) is 5.22. The smallest absolute Gasteiger partial charge is 0.325 e. The molecule has 0 saturated carbocycles. The molecule has 0 aliphatic carbocycles. The fourth-order valence-electron chi connectivity index (χ4n) is 1.90. The molecule has 23 heavy (non-hydrogen) atoms. The quantitative estimate of drug-likeness (QED) is 0.506. The highest BCUT2D eigenvalue weighted by molar-refractivity contribution is 5.81. The van der Waals surface area contributed by atoms with Crippen LogP contribution in [0, 0.1) is 0 Å². The molecule has 6 heteroatoms. The Kier molecular flexibility index (Phi) is 9.12. The summed E-state index contributed by atoms with van der Waals surface area (Å²) in [6.45, 7) is 2.20. The minimum absolute atomic E-state index is 0.0447. The Bertz CT molecular complexity index is 503. The third kappa shape index (κ3) is 10.1. The first-order valence-corrected chi connectivity index (χ1v) is 7.78. The lowest BCUT2D eigenvalue weighted by Crippen LogP contribution is -2.30. The van der Waals surface area contributed by atoms with Gasteiger partial charge in [0.2, 0.25) is 11.8 Å². The summed E-state index contributed by atoms with van der Waals surface area (Å²) in [5.74, 6) is -0.661. The Morgan fingerprint density at radius 3 is 2.43 bits per heavy atom. The lowest BCUT2D eigenvalue weighted by molar-refractivity contribution is -0.145. The van der Waals surface area contributed by atoms with Crippen molar-refractivity contribution < 1.29 is 19.1 Å². The highest BCUT2D eigenvalue weighted by Gasteiger charge is 2.06. The summed E-state index contributed by atoms with van der Waals surface area (Å²) in [6.07, 6.45) is 2.79. The van der Waals surface area contributed by atoms with Gasteiger partial charge >= 0.3 is 5.97 Å². The van der Waals surface area contributed by atoms with Gasteiger partial charge in [-0.3, -0.25) is 14.4 Å². The molecule has 1 aromatic carbocycles. The molecule has 0 unspecified atom stereocenters. The minimum atomic E-state index is -0.451. The summed E-state index contributed by atoms with van der Waals surface area (Å²) in [6, 6.07) is 9.37. The standard InChI is InChI=1S/C17H24N2O4/c1-14(20)18-11-7-3-6-10-16(21)19-12-17(22)23-13-15-8-4-2-5-9-15/h2,4-5,8-9H,3,6-7,10-13H2,1H3,(H,18,20)(H,19,21). The SMILES string of the molecule is CC(=O)NCCCCCC(=O)NCC(=O)OCc1ccccc1. The number of amides is 2. The van der Waals surface area contributed by atoms with Crippen molar-refractivity contribution in [3.8, 4) is 0 Å². The van der Waals surface area contributed by atoms with Gasteiger partial charge in [0, 0.05) is 19.9 Å². The molecule has 0 spiro atoms. The van der Waals surface area contributed by atoms with Crippen LogP contribution in [-0.4, -0.2) is 30.9 Å². The van der Waals surface area contributed by atoms with Crippen LogP contribution in [0.1, 0.15) is 38.2 Å². The number of benzene rings is 1. The van der Waals surface area contributed by atoms with Crippen LogP contribution in [0.5, 0.6) is 0 Å². The summed E-state index contributed by atoms with van der Waals surface area (Å²) in [7, 11) is 0. The zero-order valence-corrected chi connectivity index (χ0v) is 13.5. The average Bonchev–Trinajstić information content (AvgIpc) is 2.55. The molecule has 0 radical (unpaired) electrons. The molecule has 0 atom stereocenters. The van der Waals surface area contributed by atoms with E-state index in [4.69, 9.17) is 4.74 Å². The molecular weight excluding hydrogens is 296 g/mol.